The fraction of sp³-hybridized carbons (Fsp3) is 0.550. The van der Waals surface area contributed by atoms with Crippen LogP contribution in [0.2, 0.25) is 0 Å². The molecule has 0 amide bonds. The molecule has 40 heavy (non-hydrogen) atoms. The van der Waals surface area contributed by atoms with E-state index < -0.39 is 56.4 Å². The van der Waals surface area contributed by atoms with E-state index in [1.807, 2.05) is 0 Å². The minimum absolute atomic E-state index is 0. The van der Waals surface area contributed by atoms with E-state index in [-0.39, 0.29) is 59.2 Å². The molecule has 0 aromatic carbocycles. The molecule has 208 valence electrons. The predicted octanol–water partition coefficient (Wildman–Crippen LogP) is -2.87. The van der Waals surface area contributed by atoms with Gasteiger partial charge < -0.3 is 28.4 Å². The third kappa shape index (κ3) is 6.47. The number of imidazole rings is 1. The van der Waals surface area contributed by atoms with E-state index in [2.05, 4.69) is 30.0 Å². The second kappa shape index (κ2) is 12.5. The van der Waals surface area contributed by atoms with Crippen LogP contribution in [0.4, 0.5) is 0 Å². The number of nitrogens with zero attached hydrogens (tertiary/aromatic N) is 7. The van der Waals surface area contributed by atoms with Crippen molar-refractivity contribution < 1.29 is 57.5 Å². The van der Waals surface area contributed by atoms with Crippen LogP contribution in [0.3, 0.4) is 0 Å². The molecule has 0 saturated carbocycles. The van der Waals surface area contributed by atoms with Crippen LogP contribution in [0.25, 0.3) is 21.6 Å². The summed E-state index contributed by atoms with van der Waals surface area (Å²) in [7, 11) is -4.82. The van der Waals surface area contributed by atoms with Crippen molar-refractivity contribution in [3.05, 3.63) is 66.0 Å². The minimum atomic E-state index is -4.82. The van der Waals surface area contributed by atoms with Crippen LogP contribution in [-0.2, 0) is 23.1 Å². The normalized spacial score (nSPS) is 25.8. The Morgan fingerprint density at radius 1 is 1.18 bits per heavy atom. The van der Waals surface area contributed by atoms with Crippen LogP contribution in [0.1, 0.15) is 37.3 Å². The first kappa shape index (κ1) is 30.3. The van der Waals surface area contributed by atoms with E-state index >= 15 is 0 Å². The van der Waals surface area contributed by atoms with Crippen LogP contribution in [0.15, 0.2) is 38.3 Å². The molecule has 3 aromatic rings. The quantitative estimate of drug-likeness (QED) is 0.0847. The Labute approximate surface area is 246 Å². The largest absolute Gasteiger partial charge is 1.00 e. The van der Waals surface area contributed by atoms with Crippen LogP contribution in [0.5, 0.6) is 0 Å². The molecule has 3 aromatic heterocycles. The number of nitrogens with one attached hydrogen (secondary N) is 2. The number of ether oxygens (including phenoxy) is 2. The van der Waals surface area contributed by atoms with Crippen LogP contribution in [0, 0.1) is 6.92 Å². The molecule has 2 aliphatic rings. The summed E-state index contributed by atoms with van der Waals surface area (Å²) in [5.41, 5.74) is 8.00. The zero-order chi connectivity index (χ0) is 27.7. The summed E-state index contributed by atoms with van der Waals surface area (Å²) in [6, 6.07) is -0.844. The predicted molar refractivity (Wildman–Crippen MR) is 128 cm³/mol. The number of phosphoric acid groups is 1. The monoisotopic (exact) mass is 587 g/mol. The van der Waals surface area contributed by atoms with Gasteiger partial charge in [0.1, 0.15) is 12.5 Å². The van der Waals surface area contributed by atoms with E-state index in [4.69, 9.17) is 24.1 Å². The van der Waals surface area contributed by atoms with Crippen molar-refractivity contribution in [2.45, 2.75) is 56.9 Å². The molecule has 0 radical (unpaired) electrons. The number of phosphoric ester groups is 1. The van der Waals surface area contributed by atoms with Gasteiger partial charge in [-0.25, -0.2) is 14.8 Å². The molecular formula is C20H23N9NaO9P. The Morgan fingerprint density at radius 2 is 1.95 bits per heavy atom. The molecule has 1 unspecified atom stereocenters. The smallest absolute Gasteiger partial charge is 0.756 e. The van der Waals surface area contributed by atoms with Crippen molar-refractivity contribution in [2.75, 3.05) is 13.2 Å². The Bertz CT molecular complexity index is 1650. The third-order valence-corrected chi connectivity index (χ3v) is 7.37. The molecule has 2 saturated heterocycles. The fourth-order valence-electron chi connectivity index (χ4n) is 4.49. The molecular weight excluding hydrogens is 564 g/mol. The Balaban J connectivity index is 0.00000370. The SMILES string of the molecule is Cc1cn([C@H]2C[C@H](N=[N+]=[N-])[C@@H](COP(=O)([O-])OC[C@@H]3CC[C@H](n4cnc5c(=O)[nH]cnc54)O3)O2)c(=O)[nH]c1=O.[Na+]. The number of H-pyrrole nitrogens is 2. The van der Waals surface area contributed by atoms with Gasteiger partial charge in [-0.3, -0.25) is 28.3 Å². The Morgan fingerprint density at radius 3 is 2.73 bits per heavy atom. The van der Waals surface area contributed by atoms with E-state index in [1.54, 1.807) is 4.57 Å². The standard InChI is InChI=1S/C20H24N9O9P.Na/c1-10-5-28(20(32)25-18(10)30)15-4-12(26-27-21)13(38-15)7-36-39(33,34)35-6-11-2-3-14(37-11)29-9-24-16-17(29)22-8-23-19(16)31;/h5,8-9,11-15H,2-4,6-7H2,1H3,(H,33,34)(H,22,23,31)(H,25,30,32);/q;+1/p-1/t11-,12-,13+,14+,15+;/m0./s1. The summed E-state index contributed by atoms with van der Waals surface area (Å²) in [6.45, 7) is 0.650. The van der Waals surface area contributed by atoms with Crippen LogP contribution < -0.4 is 51.3 Å². The van der Waals surface area contributed by atoms with Gasteiger partial charge in [0.15, 0.2) is 11.2 Å². The number of aromatic amines is 2. The molecule has 0 bridgehead atoms. The maximum atomic E-state index is 12.4. The van der Waals surface area contributed by atoms with Gasteiger partial charge in [0, 0.05) is 23.1 Å². The summed E-state index contributed by atoms with van der Waals surface area (Å²) >= 11 is 0. The van der Waals surface area contributed by atoms with Gasteiger partial charge in [-0.2, -0.15) is 0 Å². The summed E-state index contributed by atoms with van der Waals surface area (Å²) in [5, 5.41) is 3.62. The van der Waals surface area contributed by atoms with Crippen molar-refractivity contribution in [3.8, 4) is 0 Å². The second-order valence-electron chi connectivity index (χ2n) is 9.00. The fourth-order valence-corrected chi connectivity index (χ4v) is 5.24. The van der Waals surface area contributed by atoms with Crippen molar-refractivity contribution in [1.29, 1.82) is 0 Å². The number of hydrogen-bond acceptors (Lipinski definition) is 12. The van der Waals surface area contributed by atoms with Crippen molar-refractivity contribution in [1.82, 2.24) is 29.1 Å². The molecule has 0 aliphatic carbocycles. The molecule has 5 rings (SSSR count). The summed E-state index contributed by atoms with van der Waals surface area (Å²) < 4.78 is 36.7. The number of azide groups is 1. The first-order valence-corrected chi connectivity index (χ1v) is 13.3. The molecule has 5 heterocycles. The second-order valence-corrected chi connectivity index (χ2v) is 10.4. The Kier molecular flexibility index (Phi) is 9.47. The van der Waals surface area contributed by atoms with Crippen molar-refractivity contribution in [2.24, 2.45) is 5.11 Å². The summed E-state index contributed by atoms with van der Waals surface area (Å²) in [6.07, 6.45) is 1.99. The molecule has 2 fully saturated rings. The first-order valence-electron chi connectivity index (χ1n) is 11.8. The van der Waals surface area contributed by atoms with Crippen molar-refractivity contribution >= 4 is 19.0 Å². The number of fused-ring (bicyclic) bond motifs is 1. The number of hydrogen-bond donors (Lipinski definition) is 2. The average molecular weight is 587 g/mol. The van der Waals surface area contributed by atoms with E-state index in [0.29, 0.717) is 18.5 Å². The van der Waals surface area contributed by atoms with Gasteiger partial charge in [-0.15, -0.1) is 0 Å². The van der Waals surface area contributed by atoms with Gasteiger partial charge >= 0.3 is 35.2 Å². The summed E-state index contributed by atoms with van der Waals surface area (Å²) in [4.78, 5) is 63.6. The van der Waals surface area contributed by atoms with E-state index in [1.165, 1.54) is 25.8 Å². The third-order valence-electron chi connectivity index (χ3n) is 6.44. The summed E-state index contributed by atoms with van der Waals surface area (Å²) in [5.74, 6) is 0. The first-order chi connectivity index (χ1) is 18.6. The van der Waals surface area contributed by atoms with Crippen LogP contribution in [-0.4, -0.2) is 60.5 Å². The maximum Gasteiger partial charge on any atom is 1.00 e. The van der Waals surface area contributed by atoms with E-state index in [0.717, 1.165) is 4.57 Å². The molecule has 0 spiro atoms. The zero-order valence-corrected chi connectivity index (χ0v) is 24.3. The molecule has 6 atom stereocenters. The number of aryl methyl sites for hydroxylation is 1. The molecule has 2 aliphatic heterocycles. The van der Waals surface area contributed by atoms with Gasteiger partial charge in [-0.1, -0.05) is 5.11 Å². The van der Waals surface area contributed by atoms with Crippen molar-refractivity contribution in [3.63, 3.8) is 0 Å². The zero-order valence-electron chi connectivity index (χ0n) is 21.4. The van der Waals surface area contributed by atoms with Crippen LogP contribution >= 0.6 is 7.82 Å². The maximum absolute atomic E-state index is 12.4. The average Bonchev–Trinajstić information content (AvgIpc) is 3.63. The minimum Gasteiger partial charge on any atom is -0.756 e. The van der Waals surface area contributed by atoms with Gasteiger partial charge in [-0.05, 0) is 25.3 Å². The van der Waals surface area contributed by atoms with Gasteiger partial charge in [0.2, 0.25) is 0 Å². The number of rotatable bonds is 9. The topological polar surface area (TPSA) is 244 Å². The van der Waals surface area contributed by atoms with Gasteiger partial charge in [0.05, 0.1) is 44.1 Å². The van der Waals surface area contributed by atoms with Gasteiger partial charge in [0.25, 0.3) is 18.9 Å². The molecule has 18 nitrogen and oxygen atoms in total. The van der Waals surface area contributed by atoms with E-state index in [9.17, 15) is 23.8 Å². The molecule has 2 N–H and O–H groups in total. The Hall–Kier alpha value is -2.63. The molecule has 20 heteroatoms. The number of aromatic nitrogens is 6.